The molecule has 0 spiro atoms. The molecule has 0 aromatic heterocycles. The lowest BCUT2D eigenvalue weighted by Gasteiger charge is -2.19. The van der Waals surface area contributed by atoms with Gasteiger partial charge in [0, 0.05) is 25.2 Å². The minimum Gasteiger partial charge on any atom is -0.289 e. The Balaban J connectivity index is 2.23. The zero-order valence-corrected chi connectivity index (χ0v) is 13.6. The van der Waals surface area contributed by atoms with E-state index in [-0.39, 0.29) is 16.2 Å². The monoisotopic (exact) mass is 335 g/mol. The van der Waals surface area contributed by atoms with Crippen LogP contribution in [0.25, 0.3) is 0 Å². The lowest BCUT2D eigenvalue weighted by atomic mass is 10.0. The lowest BCUT2D eigenvalue weighted by Crippen LogP contribution is -2.23. The van der Waals surface area contributed by atoms with Gasteiger partial charge in [0.1, 0.15) is 0 Å². The van der Waals surface area contributed by atoms with Crippen LogP contribution in [0.15, 0.2) is 57.2 Å². The summed E-state index contributed by atoms with van der Waals surface area (Å²) in [5.41, 5.74) is 0.535. The molecule has 3 rings (SSSR count). The van der Waals surface area contributed by atoms with Gasteiger partial charge in [-0.15, -0.1) is 0 Å². The molecule has 1 atom stereocenters. The fraction of sp³-hybridized carbons (Fsp3) is 0.133. The third-order valence-electron chi connectivity index (χ3n) is 3.51. The molecule has 0 amide bonds. The number of nitrogens with zero attached hydrogens (tertiary/aromatic N) is 1. The molecule has 2 aromatic carbocycles. The molecule has 0 N–H and O–H groups in total. The maximum absolute atomic E-state index is 12.6. The predicted octanol–water partition coefficient (Wildman–Crippen LogP) is 1.65. The van der Waals surface area contributed by atoms with Crippen LogP contribution in [0.3, 0.4) is 0 Å². The van der Waals surface area contributed by atoms with E-state index in [9.17, 15) is 17.4 Å². The average Bonchev–Trinajstić information content (AvgIpc) is 2.52. The van der Waals surface area contributed by atoms with Crippen molar-refractivity contribution in [3.8, 4) is 0 Å². The Kier molecular flexibility index (Phi) is 3.51. The van der Waals surface area contributed by atoms with E-state index in [1.165, 1.54) is 32.3 Å². The Morgan fingerprint density at radius 1 is 0.955 bits per heavy atom. The van der Waals surface area contributed by atoms with E-state index in [4.69, 9.17) is 0 Å². The fourth-order valence-electron chi connectivity index (χ4n) is 2.30. The first-order valence-electron chi connectivity index (χ1n) is 6.46. The number of carbonyl (C=O) groups excluding carboxylic acids is 1. The Morgan fingerprint density at radius 3 is 2.27 bits per heavy atom. The third kappa shape index (κ3) is 2.13. The highest BCUT2D eigenvalue weighted by molar-refractivity contribution is 7.89. The Hall–Kier alpha value is -1.83. The van der Waals surface area contributed by atoms with Crippen molar-refractivity contribution < 1.29 is 17.4 Å². The number of benzene rings is 2. The van der Waals surface area contributed by atoms with E-state index in [0.717, 1.165) is 4.31 Å². The highest BCUT2D eigenvalue weighted by atomic mass is 32.2. The van der Waals surface area contributed by atoms with Gasteiger partial charge in [0.15, 0.2) is 5.78 Å². The topological polar surface area (TPSA) is 71.5 Å². The first kappa shape index (κ1) is 15.1. The van der Waals surface area contributed by atoms with E-state index in [1.54, 1.807) is 24.3 Å². The minimum atomic E-state index is -3.65. The zero-order chi connectivity index (χ0) is 16.1. The molecule has 114 valence electrons. The van der Waals surface area contributed by atoms with Crippen LogP contribution in [0.2, 0.25) is 0 Å². The summed E-state index contributed by atoms with van der Waals surface area (Å²) in [7, 11) is -2.29. The first-order valence-corrected chi connectivity index (χ1v) is 9.05. The number of hydrogen-bond donors (Lipinski definition) is 0. The van der Waals surface area contributed by atoms with Crippen molar-refractivity contribution in [2.24, 2.45) is 0 Å². The third-order valence-corrected chi connectivity index (χ3v) is 6.83. The number of sulfonamides is 1. The molecule has 0 bridgehead atoms. The van der Waals surface area contributed by atoms with Crippen molar-refractivity contribution in [1.82, 2.24) is 4.31 Å². The van der Waals surface area contributed by atoms with Gasteiger partial charge in [0.25, 0.3) is 0 Å². The first-order chi connectivity index (χ1) is 10.3. The molecule has 0 aliphatic carbocycles. The van der Waals surface area contributed by atoms with Gasteiger partial charge in [-0.25, -0.2) is 16.9 Å². The number of carbonyl (C=O) groups is 1. The molecule has 2 aromatic rings. The minimum absolute atomic E-state index is 0.0148. The van der Waals surface area contributed by atoms with Crippen LogP contribution in [0.1, 0.15) is 15.9 Å². The largest absolute Gasteiger partial charge is 0.289 e. The van der Waals surface area contributed by atoms with Gasteiger partial charge < -0.3 is 0 Å². The Bertz CT molecular complexity index is 917. The second-order valence-corrected chi connectivity index (χ2v) is 8.61. The van der Waals surface area contributed by atoms with Crippen LogP contribution in [0, 0.1) is 0 Å². The van der Waals surface area contributed by atoms with Gasteiger partial charge in [-0.3, -0.25) is 4.79 Å². The number of ketones is 1. The van der Waals surface area contributed by atoms with Crippen molar-refractivity contribution in [2.45, 2.75) is 14.7 Å². The summed E-state index contributed by atoms with van der Waals surface area (Å²) < 4.78 is 38.0. The molecule has 0 saturated heterocycles. The van der Waals surface area contributed by atoms with Crippen molar-refractivity contribution in [1.29, 1.82) is 0 Å². The molecular weight excluding hydrogens is 322 g/mol. The van der Waals surface area contributed by atoms with Gasteiger partial charge >= 0.3 is 0 Å². The number of fused-ring (bicyclic) bond motifs is 2. The number of rotatable bonds is 2. The standard InChI is InChI=1S/C15H13NO4S2/c1-16(2)22(19,20)10-7-8-14-12(9-10)15(17)11-5-3-4-6-13(11)21(14)18/h3-9H,1-2H3. The van der Waals surface area contributed by atoms with Crippen LogP contribution in [0.4, 0.5) is 0 Å². The highest BCUT2D eigenvalue weighted by Crippen LogP contribution is 2.33. The molecule has 0 saturated carbocycles. The molecule has 1 aliphatic heterocycles. The lowest BCUT2D eigenvalue weighted by molar-refractivity contribution is 0.103. The van der Waals surface area contributed by atoms with Gasteiger partial charge in [0.05, 0.1) is 25.5 Å². The average molecular weight is 335 g/mol. The molecule has 1 unspecified atom stereocenters. The van der Waals surface area contributed by atoms with Gasteiger partial charge in [0.2, 0.25) is 10.0 Å². The molecule has 1 heterocycles. The summed E-state index contributed by atoms with van der Waals surface area (Å²) >= 11 is 0. The predicted molar refractivity (Wildman–Crippen MR) is 81.9 cm³/mol. The van der Waals surface area contributed by atoms with E-state index in [2.05, 4.69) is 0 Å². The van der Waals surface area contributed by atoms with Crippen LogP contribution >= 0.6 is 0 Å². The van der Waals surface area contributed by atoms with Crippen molar-refractivity contribution in [2.75, 3.05) is 14.1 Å². The van der Waals surface area contributed by atoms with Crippen molar-refractivity contribution >= 4 is 26.6 Å². The molecule has 5 nitrogen and oxygen atoms in total. The second kappa shape index (κ2) is 5.12. The Morgan fingerprint density at radius 2 is 1.59 bits per heavy atom. The van der Waals surface area contributed by atoms with E-state index < -0.39 is 20.8 Å². The normalized spacial score (nSPS) is 17.2. The molecule has 0 radical (unpaired) electrons. The summed E-state index contributed by atoms with van der Waals surface area (Å²) in [5.74, 6) is -0.305. The SMILES string of the molecule is CN(C)S(=O)(=O)c1ccc2c(c1)C(=O)c1ccccc1S2=O. The Labute approximate surface area is 131 Å². The maximum Gasteiger partial charge on any atom is 0.242 e. The fourth-order valence-corrected chi connectivity index (χ4v) is 4.57. The van der Waals surface area contributed by atoms with Gasteiger partial charge in [-0.2, -0.15) is 0 Å². The highest BCUT2D eigenvalue weighted by Gasteiger charge is 2.30. The van der Waals surface area contributed by atoms with Gasteiger partial charge in [-0.05, 0) is 30.3 Å². The van der Waals surface area contributed by atoms with Crippen LogP contribution in [-0.2, 0) is 20.8 Å². The zero-order valence-electron chi connectivity index (χ0n) is 11.9. The van der Waals surface area contributed by atoms with Crippen LogP contribution in [0.5, 0.6) is 0 Å². The van der Waals surface area contributed by atoms with Crippen LogP contribution in [-0.4, -0.2) is 36.8 Å². The quantitative estimate of drug-likeness (QED) is 0.714. The summed E-state index contributed by atoms with van der Waals surface area (Å²) in [6.07, 6.45) is 0. The van der Waals surface area contributed by atoms with Gasteiger partial charge in [-0.1, -0.05) is 12.1 Å². The molecule has 1 aliphatic rings. The molecule has 0 fully saturated rings. The molecule has 22 heavy (non-hydrogen) atoms. The summed E-state index contributed by atoms with van der Waals surface area (Å²) in [5, 5.41) is 0. The summed E-state index contributed by atoms with van der Waals surface area (Å²) in [4.78, 5) is 13.4. The summed E-state index contributed by atoms with van der Waals surface area (Å²) in [6.45, 7) is 0. The summed E-state index contributed by atoms with van der Waals surface area (Å²) in [6, 6.07) is 10.8. The van der Waals surface area contributed by atoms with Crippen molar-refractivity contribution in [3.63, 3.8) is 0 Å². The second-order valence-electron chi connectivity index (χ2n) is 5.04. The van der Waals surface area contributed by atoms with E-state index in [1.807, 2.05) is 0 Å². The molecular formula is C15H13NO4S2. The van der Waals surface area contributed by atoms with E-state index >= 15 is 0 Å². The molecule has 7 heteroatoms. The van der Waals surface area contributed by atoms with E-state index in [0.29, 0.717) is 15.4 Å². The smallest absolute Gasteiger partial charge is 0.242 e. The van der Waals surface area contributed by atoms with Crippen molar-refractivity contribution in [3.05, 3.63) is 53.6 Å². The number of hydrogen-bond acceptors (Lipinski definition) is 4. The van der Waals surface area contributed by atoms with Crippen LogP contribution < -0.4 is 0 Å². The maximum atomic E-state index is 12.6.